The monoisotopic (exact) mass is 569 g/mol. The van der Waals surface area contributed by atoms with Crippen LogP contribution < -0.4 is 9.64 Å². The van der Waals surface area contributed by atoms with Crippen molar-refractivity contribution in [3.63, 3.8) is 0 Å². The molecule has 0 saturated carbocycles. The number of carbonyl (C=O) groups excluding carboxylic acids is 2. The fourth-order valence-electron chi connectivity index (χ4n) is 6.19. The van der Waals surface area contributed by atoms with Crippen molar-refractivity contribution in [1.29, 1.82) is 0 Å². The van der Waals surface area contributed by atoms with Gasteiger partial charge in [0.15, 0.2) is 5.60 Å². The molecular formula is C32H44ClN3O4. The van der Waals surface area contributed by atoms with Gasteiger partial charge in [-0.15, -0.1) is 0 Å². The van der Waals surface area contributed by atoms with E-state index in [2.05, 4.69) is 4.90 Å². The van der Waals surface area contributed by atoms with Crippen molar-refractivity contribution in [3.8, 4) is 5.75 Å². The molecule has 7 nitrogen and oxygen atoms in total. The van der Waals surface area contributed by atoms with Gasteiger partial charge < -0.3 is 24.5 Å². The zero-order chi connectivity index (χ0) is 29.0. The van der Waals surface area contributed by atoms with Gasteiger partial charge in [-0.3, -0.25) is 9.59 Å². The average Bonchev–Trinajstić information content (AvgIpc) is 2.96. The fraction of sp³-hybridized carbons (Fsp3) is 0.562. The molecule has 2 amide bonds. The van der Waals surface area contributed by atoms with Gasteiger partial charge in [-0.25, -0.2) is 0 Å². The van der Waals surface area contributed by atoms with Crippen LogP contribution in [-0.2, 0) is 10.4 Å². The van der Waals surface area contributed by atoms with E-state index < -0.39 is 5.60 Å². The summed E-state index contributed by atoms with van der Waals surface area (Å²) in [4.78, 5) is 31.7. The molecule has 2 saturated heterocycles. The van der Waals surface area contributed by atoms with Crippen LogP contribution >= 0.6 is 11.6 Å². The Morgan fingerprint density at radius 2 is 1.65 bits per heavy atom. The molecule has 2 aliphatic rings. The van der Waals surface area contributed by atoms with Crippen molar-refractivity contribution in [3.05, 3.63) is 58.6 Å². The third kappa shape index (κ3) is 6.41. The topological polar surface area (TPSA) is 73.3 Å². The highest BCUT2D eigenvalue weighted by atomic mass is 35.5. The van der Waals surface area contributed by atoms with Crippen molar-refractivity contribution in [1.82, 2.24) is 9.80 Å². The van der Waals surface area contributed by atoms with E-state index in [4.69, 9.17) is 16.3 Å². The molecule has 0 aliphatic carbocycles. The lowest BCUT2D eigenvalue weighted by atomic mass is 9.80. The molecule has 1 unspecified atom stereocenters. The molecule has 2 aliphatic heterocycles. The first-order valence-electron chi connectivity index (χ1n) is 14.5. The standard InChI is InChI=1S/C32H44ClN3O4/c1-22(2)32(39,25-7-6-8-27(20-25)40-5)31(38)36-17-13-24(14-18-36)19-23-11-15-35(16-12-23)26-9-10-28(29(33)21-26)30(37)34(3)4/h6-10,20-24,39H,11-19H2,1-5H3. The average molecular weight is 570 g/mol. The van der Waals surface area contributed by atoms with E-state index in [-0.39, 0.29) is 17.7 Å². The van der Waals surface area contributed by atoms with Crippen molar-refractivity contribution in [2.24, 2.45) is 17.8 Å². The highest BCUT2D eigenvalue weighted by Gasteiger charge is 2.44. The van der Waals surface area contributed by atoms with E-state index in [0.29, 0.717) is 46.8 Å². The minimum atomic E-state index is -1.57. The molecule has 0 bridgehead atoms. The molecule has 0 radical (unpaired) electrons. The second kappa shape index (κ2) is 12.8. The molecule has 40 heavy (non-hydrogen) atoms. The summed E-state index contributed by atoms with van der Waals surface area (Å²) in [6.45, 7) is 7.09. The predicted octanol–water partition coefficient (Wildman–Crippen LogP) is 5.44. The van der Waals surface area contributed by atoms with E-state index in [1.165, 1.54) is 11.3 Å². The number of rotatable bonds is 8. The number of anilines is 1. The highest BCUT2D eigenvalue weighted by molar-refractivity contribution is 6.34. The Bertz CT molecular complexity index is 1190. The Morgan fingerprint density at radius 1 is 1.02 bits per heavy atom. The molecule has 0 spiro atoms. The van der Waals surface area contributed by atoms with Crippen LogP contribution in [0.1, 0.15) is 61.9 Å². The molecule has 1 N–H and O–H groups in total. The predicted molar refractivity (Wildman–Crippen MR) is 160 cm³/mol. The number of benzene rings is 2. The summed E-state index contributed by atoms with van der Waals surface area (Å²) >= 11 is 6.45. The first-order chi connectivity index (χ1) is 19.0. The van der Waals surface area contributed by atoms with Crippen LogP contribution in [-0.4, -0.2) is 74.1 Å². The summed E-state index contributed by atoms with van der Waals surface area (Å²) in [5, 5.41) is 12.1. The normalized spacial score (nSPS) is 18.5. The number of ether oxygens (including phenoxy) is 1. The first-order valence-corrected chi connectivity index (χ1v) is 14.8. The fourth-order valence-corrected chi connectivity index (χ4v) is 6.45. The number of nitrogens with zero attached hydrogens (tertiary/aromatic N) is 3. The summed E-state index contributed by atoms with van der Waals surface area (Å²) in [6, 6.07) is 13.0. The third-order valence-corrected chi connectivity index (χ3v) is 9.12. The summed E-state index contributed by atoms with van der Waals surface area (Å²) in [6.07, 6.45) is 5.36. The number of piperidine rings is 2. The van der Waals surface area contributed by atoms with E-state index in [1.54, 1.807) is 27.3 Å². The second-order valence-electron chi connectivity index (χ2n) is 11.9. The first kappa shape index (κ1) is 30.2. The van der Waals surface area contributed by atoms with Gasteiger partial charge in [0.1, 0.15) is 5.75 Å². The van der Waals surface area contributed by atoms with E-state index in [9.17, 15) is 14.7 Å². The summed E-state index contributed by atoms with van der Waals surface area (Å²) in [7, 11) is 5.05. The number of hydrogen-bond donors (Lipinski definition) is 1. The van der Waals surface area contributed by atoms with Gasteiger partial charge >= 0.3 is 0 Å². The van der Waals surface area contributed by atoms with Gasteiger partial charge in [0.25, 0.3) is 11.8 Å². The van der Waals surface area contributed by atoms with Crippen LogP contribution in [0.3, 0.4) is 0 Å². The molecule has 4 rings (SSSR count). The number of amides is 2. The summed E-state index contributed by atoms with van der Waals surface area (Å²) < 4.78 is 5.34. The molecule has 2 heterocycles. The van der Waals surface area contributed by atoms with E-state index >= 15 is 0 Å². The van der Waals surface area contributed by atoms with Gasteiger partial charge in [0, 0.05) is 46.0 Å². The molecule has 2 fully saturated rings. The van der Waals surface area contributed by atoms with Crippen LogP contribution in [0.15, 0.2) is 42.5 Å². The smallest absolute Gasteiger partial charge is 0.259 e. The maximum Gasteiger partial charge on any atom is 0.259 e. The highest BCUT2D eigenvalue weighted by Crippen LogP contribution is 2.37. The molecule has 1 atom stereocenters. The van der Waals surface area contributed by atoms with E-state index in [0.717, 1.165) is 44.5 Å². The summed E-state index contributed by atoms with van der Waals surface area (Å²) in [5.41, 5.74) is 0.611. The maximum absolute atomic E-state index is 13.6. The van der Waals surface area contributed by atoms with Crippen molar-refractivity contribution in [2.45, 2.75) is 51.6 Å². The molecule has 218 valence electrons. The van der Waals surface area contributed by atoms with Crippen molar-refractivity contribution < 1.29 is 19.4 Å². The number of carbonyl (C=O) groups is 2. The molecule has 0 aromatic heterocycles. The lowest BCUT2D eigenvalue weighted by Crippen LogP contribution is -2.52. The number of likely N-dealkylation sites (tertiary alicyclic amines) is 1. The minimum Gasteiger partial charge on any atom is -0.497 e. The zero-order valence-electron chi connectivity index (χ0n) is 24.5. The second-order valence-corrected chi connectivity index (χ2v) is 12.3. The van der Waals surface area contributed by atoms with Crippen molar-refractivity contribution >= 4 is 29.1 Å². The lowest BCUT2D eigenvalue weighted by molar-refractivity contribution is -0.159. The van der Waals surface area contributed by atoms with Gasteiger partial charge in [0.2, 0.25) is 0 Å². The van der Waals surface area contributed by atoms with Gasteiger partial charge in [-0.1, -0.05) is 37.6 Å². The zero-order valence-corrected chi connectivity index (χ0v) is 25.3. The Balaban J connectivity index is 1.29. The van der Waals surface area contributed by atoms with E-state index in [1.807, 2.05) is 55.1 Å². The Labute approximate surface area is 244 Å². The van der Waals surface area contributed by atoms with Gasteiger partial charge in [-0.05, 0) is 85.8 Å². The largest absolute Gasteiger partial charge is 0.497 e. The summed E-state index contributed by atoms with van der Waals surface area (Å²) in [5.74, 6) is 1.33. The van der Waals surface area contributed by atoms with Crippen LogP contribution in [0.2, 0.25) is 5.02 Å². The Kier molecular flexibility index (Phi) is 9.68. The molecular weight excluding hydrogens is 526 g/mol. The Hall–Kier alpha value is -2.77. The van der Waals surface area contributed by atoms with Crippen molar-refractivity contribution in [2.75, 3.05) is 52.3 Å². The number of aliphatic hydroxyl groups is 1. The third-order valence-electron chi connectivity index (χ3n) is 8.81. The van der Waals surface area contributed by atoms with Crippen LogP contribution in [0.25, 0.3) is 0 Å². The molecule has 8 heteroatoms. The van der Waals surface area contributed by atoms with Crippen LogP contribution in [0.4, 0.5) is 5.69 Å². The molecule has 2 aromatic carbocycles. The van der Waals surface area contributed by atoms with Crippen LogP contribution in [0.5, 0.6) is 5.75 Å². The van der Waals surface area contributed by atoms with Gasteiger partial charge in [-0.2, -0.15) is 0 Å². The molecule has 2 aromatic rings. The number of halogens is 1. The SMILES string of the molecule is COc1cccc(C(O)(C(=O)N2CCC(CC3CCN(c4ccc(C(=O)N(C)C)c(Cl)c4)CC3)CC2)C(C)C)c1. The number of hydrogen-bond acceptors (Lipinski definition) is 5. The quantitative estimate of drug-likeness (QED) is 0.458. The minimum absolute atomic E-state index is 0.0859. The maximum atomic E-state index is 13.6. The lowest BCUT2D eigenvalue weighted by Gasteiger charge is -2.41. The van der Waals surface area contributed by atoms with Gasteiger partial charge in [0.05, 0.1) is 17.7 Å². The van der Waals surface area contributed by atoms with Crippen LogP contribution in [0, 0.1) is 17.8 Å². The number of methoxy groups -OCH3 is 1. The Morgan fingerprint density at radius 3 is 2.20 bits per heavy atom.